The Balaban J connectivity index is 2.11. The van der Waals surface area contributed by atoms with Crippen LogP contribution in [0.25, 0.3) is 5.65 Å². The van der Waals surface area contributed by atoms with Crippen molar-refractivity contribution in [3.8, 4) is 0 Å². The van der Waals surface area contributed by atoms with Crippen LogP contribution in [0.1, 0.15) is 56.2 Å². The summed E-state index contributed by atoms with van der Waals surface area (Å²) in [5.74, 6) is -0.393. The highest BCUT2D eigenvalue weighted by molar-refractivity contribution is 5.95. The second kappa shape index (κ2) is 5.71. The van der Waals surface area contributed by atoms with Crippen LogP contribution >= 0.6 is 0 Å². The van der Waals surface area contributed by atoms with Gasteiger partial charge in [-0.05, 0) is 51.7 Å². The third-order valence-corrected chi connectivity index (χ3v) is 4.62. The number of pyridine rings is 1. The summed E-state index contributed by atoms with van der Waals surface area (Å²) in [4.78, 5) is 19.6. The lowest BCUT2D eigenvalue weighted by Crippen LogP contribution is -2.48. The smallest absolute Gasteiger partial charge is 0.273 e. The SMILES string of the molecule is CCc1nc2ccc(F)cn2c1C(=O)N1C(C)CCCC1C. The van der Waals surface area contributed by atoms with Crippen molar-refractivity contribution in [1.29, 1.82) is 0 Å². The van der Waals surface area contributed by atoms with Crippen molar-refractivity contribution >= 4 is 11.6 Å². The molecule has 2 aromatic rings. The van der Waals surface area contributed by atoms with Gasteiger partial charge in [0.05, 0.1) is 5.69 Å². The molecule has 118 valence electrons. The number of hydrogen-bond donors (Lipinski definition) is 0. The minimum Gasteiger partial charge on any atom is -0.332 e. The number of likely N-dealkylation sites (tertiary alicyclic amines) is 1. The number of carbonyl (C=O) groups is 1. The number of aromatic nitrogens is 2. The first-order chi connectivity index (χ1) is 10.5. The highest BCUT2D eigenvalue weighted by atomic mass is 19.1. The zero-order chi connectivity index (χ0) is 15.9. The fraction of sp³-hybridized carbons (Fsp3) is 0.529. The summed E-state index contributed by atoms with van der Waals surface area (Å²) < 4.78 is 15.2. The minimum absolute atomic E-state index is 0.0327. The van der Waals surface area contributed by atoms with E-state index in [9.17, 15) is 9.18 Å². The van der Waals surface area contributed by atoms with Crippen molar-refractivity contribution in [3.05, 3.63) is 35.5 Å². The highest BCUT2D eigenvalue weighted by Gasteiger charge is 2.32. The predicted octanol–water partition coefficient (Wildman–Crippen LogP) is 3.44. The number of imidazole rings is 1. The van der Waals surface area contributed by atoms with Gasteiger partial charge in [0.25, 0.3) is 5.91 Å². The van der Waals surface area contributed by atoms with Crippen LogP contribution in [0.4, 0.5) is 4.39 Å². The lowest BCUT2D eigenvalue weighted by molar-refractivity contribution is 0.0502. The van der Waals surface area contributed by atoms with E-state index in [4.69, 9.17) is 0 Å². The average Bonchev–Trinajstić information content (AvgIpc) is 2.84. The van der Waals surface area contributed by atoms with Crippen molar-refractivity contribution in [3.63, 3.8) is 0 Å². The summed E-state index contributed by atoms with van der Waals surface area (Å²) in [5, 5.41) is 0. The van der Waals surface area contributed by atoms with Crippen molar-refractivity contribution in [1.82, 2.24) is 14.3 Å². The standard InChI is InChI=1S/C17H22FN3O/c1-4-14-16(20-10-13(18)8-9-15(20)19-14)17(22)21-11(2)6-5-7-12(21)3/h8-12H,4-7H2,1-3H3. The lowest BCUT2D eigenvalue weighted by atomic mass is 9.97. The van der Waals surface area contributed by atoms with Gasteiger partial charge in [-0.25, -0.2) is 9.37 Å². The Morgan fingerprint density at radius 1 is 1.32 bits per heavy atom. The van der Waals surface area contributed by atoms with Crippen molar-refractivity contribution in [2.75, 3.05) is 0 Å². The molecule has 0 aromatic carbocycles. The van der Waals surface area contributed by atoms with E-state index in [1.807, 2.05) is 11.8 Å². The van der Waals surface area contributed by atoms with Gasteiger partial charge in [-0.3, -0.25) is 9.20 Å². The molecule has 22 heavy (non-hydrogen) atoms. The maximum Gasteiger partial charge on any atom is 0.273 e. The number of hydrogen-bond acceptors (Lipinski definition) is 2. The van der Waals surface area contributed by atoms with Crippen LogP contribution in [0.3, 0.4) is 0 Å². The van der Waals surface area contributed by atoms with Crippen molar-refractivity contribution < 1.29 is 9.18 Å². The maximum absolute atomic E-state index is 13.6. The van der Waals surface area contributed by atoms with E-state index in [0.717, 1.165) is 25.0 Å². The van der Waals surface area contributed by atoms with Gasteiger partial charge < -0.3 is 4.90 Å². The van der Waals surface area contributed by atoms with E-state index in [2.05, 4.69) is 18.8 Å². The number of amides is 1. The molecule has 2 atom stereocenters. The number of fused-ring (bicyclic) bond motifs is 1. The Labute approximate surface area is 129 Å². The van der Waals surface area contributed by atoms with Crippen molar-refractivity contribution in [2.45, 2.75) is 58.5 Å². The first-order valence-corrected chi connectivity index (χ1v) is 8.02. The Kier molecular flexibility index (Phi) is 3.89. The van der Waals surface area contributed by atoms with Gasteiger partial charge in [-0.1, -0.05) is 6.92 Å². The van der Waals surface area contributed by atoms with Gasteiger partial charge in [-0.2, -0.15) is 0 Å². The second-order valence-corrected chi connectivity index (χ2v) is 6.18. The summed E-state index contributed by atoms with van der Waals surface area (Å²) in [6.07, 6.45) is 5.19. The minimum atomic E-state index is -0.360. The number of halogens is 1. The Hall–Kier alpha value is -1.91. The molecule has 3 heterocycles. The zero-order valence-electron chi connectivity index (χ0n) is 13.3. The lowest BCUT2D eigenvalue weighted by Gasteiger charge is -2.39. The van der Waals surface area contributed by atoms with Crippen LogP contribution in [0.5, 0.6) is 0 Å². The molecule has 0 N–H and O–H groups in total. The van der Waals surface area contributed by atoms with E-state index in [1.165, 1.54) is 12.3 Å². The Morgan fingerprint density at radius 3 is 2.64 bits per heavy atom. The van der Waals surface area contributed by atoms with Crippen LogP contribution in [0.2, 0.25) is 0 Å². The van der Waals surface area contributed by atoms with Gasteiger partial charge >= 0.3 is 0 Å². The molecule has 1 aliphatic heterocycles. The number of carbonyl (C=O) groups excluding carboxylic acids is 1. The Morgan fingerprint density at radius 2 is 2.00 bits per heavy atom. The molecular weight excluding hydrogens is 281 g/mol. The van der Waals surface area contributed by atoms with E-state index in [-0.39, 0.29) is 23.8 Å². The first-order valence-electron chi connectivity index (χ1n) is 8.02. The first kappa shape index (κ1) is 15.0. The van der Waals surface area contributed by atoms with Crippen LogP contribution < -0.4 is 0 Å². The summed E-state index contributed by atoms with van der Waals surface area (Å²) in [6, 6.07) is 3.41. The topological polar surface area (TPSA) is 37.6 Å². The van der Waals surface area contributed by atoms with Gasteiger partial charge in [0.15, 0.2) is 0 Å². The quantitative estimate of drug-likeness (QED) is 0.852. The van der Waals surface area contributed by atoms with E-state index >= 15 is 0 Å². The summed E-state index contributed by atoms with van der Waals surface area (Å²) in [6.45, 7) is 6.14. The van der Waals surface area contributed by atoms with E-state index in [1.54, 1.807) is 10.5 Å². The summed E-state index contributed by atoms with van der Waals surface area (Å²) in [5.41, 5.74) is 1.87. The number of nitrogens with zero attached hydrogens (tertiary/aromatic N) is 3. The fourth-order valence-electron chi connectivity index (χ4n) is 3.48. The molecule has 2 aromatic heterocycles. The molecule has 0 spiro atoms. The van der Waals surface area contributed by atoms with Crippen molar-refractivity contribution in [2.24, 2.45) is 0 Å². The van der Waals surface area contributed by atoms with E-state index in [0.29, 0.717) is 17.8 Å². The number of rotatable bonds is 2. The third kappa shape index (κ3) is 2.38. The zero-order valence-corrected chi connectivity index (χ0v) is 13.3. The van der Waals surface area contributed by atoms with Crippen LogP contribution in [-0.4, -0.2) is 32.3 Å². The number of piperidine rings is 1. The normalized spacial score (nSPS) is 22.3. The highest BCUT2D eigenvalue weighted by Crippen LogP contribution is 2.26. The molecule has 1 amide bonds. The molecule has 0 saturated carbocycles. The van der Waals surface area contributed by atoms with Gasteiger partial charge in [0, 0.05) is 18.3 Å². The van der Waals surface area contributed by atoms with E-state index < -0.39 is 0 Å². The molecule has 0 bridgehead atoms. The molecule has 0 aliphatic carbocycles. The Bertz CT molecular complexity index is 699. The van der Waals surface area contributed by atoms with Crippen LogP contribution in [0, 0.1) is 5.82 Å². The fourth-order valence-corrected chi connectivity index (χ4v) is 3.48. The number of aryl methyl sites for hydroxylation is 1. The molecule has 5 heteroatoms. The van der Waals surface area contributed by atoms with Gasteiger partial charge in [0.1, 0.15) is 17.2 Å². The summed E-state index contributed by atoms with van der Waals surface area (Å²) >= 11 is 0. The largest absolute Gasteiger partial charge is 0.332 e. The molecule has 4 nitrogen and oxygen atoms in total. The van der Waals surface area contributed by atoms with Gasteiger partial charge in [0.2, 0.25) is 0 Å². The molecule has 0 radical (unpaired) electrons. The monoisotopic (exact) mass is 303 g/mol. The summed E-state index contributed by atoms with van der Waals surface area (Å²) in [7, 11) is 0. The van der Waals surface area contributed by atoms with Gasteiger partial charge in [-0.15, -0.1) is 0 Å². The van der Waals surface area contributed by atoms with Crippen LogP contribution in [0.15, 0.2) is 18.3 Å². The molecular formula is C17H22FN3O. The molecule has 3 rings (SSSR count). The predicted molar refractivity (Wildman–Crippen MR) is 83.5 cm³/mol. The molecule has 1 saturated heterocycles. The van der Waals surface area contributed by atoms with Crippen LogP contribution in [-0.2, 0) is 6.42 Å². The molecule has 1 aliphatic rings. The molecule has 1 fully saturated rings. The molecule has 2 unspecified atom stereocenters. The third-order valence-electron chi connectivity index (χ3n) is 4.62. The maximum atomic E-state index is 13.6. The second-order valence-electron chi connectivity index (χ2n) is 6.18. The average molecular weight is 303 g/mol.